The second-order valence-electron chi connectivity index (χ2n) is 7.62. The molecule has 4 N–H and O–H groups in total. The van der Waals surface area contributed by atoms with E-state index in [2.05, 4.69) is 10.6 Å². The van der Waals surface area contributed by atoms with Crippen LogP contribution in [0.5, 0.6) is 0 Å². The molecule has 3 aromatic carbocycles. The summed E-state index contributed by atoms with van der Waals surface area (Å²) in [5.41, 5.74) is 8.25. The van der Waals surface area contributed by atoms with Crippen LogP contribution in [0.15, 0.2) is 66.7 Å². The fourth-order valence-corrected chi connectivity index (χ4v) is 3.13. The monoisotopic (exact) mass is 433 g/mol. The largest absolute Gasteiger partial charge is 0.397 e. The quantitative estimate of drug-likeness (QED) is 0.301. The number of benzene rings is 3. The number of halogens is 2. The molecule has 0 unspecified atom stereocenters. The minimum atomic E-state index is -0.507. The molecule has 32 heavy (non-hydrogen) atoms. The molecule has 5 nitrogen and oxygen atoms in total. The highest BCUT2D eigenvalue weighted by Crippen LogP contribution is 2.24. The summed E-state index contributed by atoms with van der Waals surface area (Å²) < 4.78 is 26.8. The van der Waals surface area contributed by atoms with Gasteiger partial charge in [-0.25, -0.2) is 8.78 Å². The molecule has 1 aliphatic carbocycles. The van der Waals surface area contributed by atoms with E-state index < -0.39 is 11.7 Å². The summed E-state index contributed by atoms with van der Waals surface area (Å²) in [4.78, 5) is 25.2. The molecule has 4 rings (SSSR count). The van der Waals surface area contributed by atoms with E-state index >= 15 is 0 Å². The van der Waals surface area contributed by atoms with Gasteiger partial charge in [0.05, 0.1) is 11.4 Å². The second-order valence-corrected chi connectivity index (χ2v) is 7.62. The Kier molecular flexibility index (Phi) is 5.98. The number of carbonyl (C=O) groups is 2. The Balaban J connectivity index is 1.56. The summed E-state index contributed by atoms with van der Waals surface area (Å²) in [6, 6.07) is 16.2. The van der Waals surface area contributed by atoms with Crippen LogP contribution in [0.4, 0.5) is 20.2 Å². The predicted molar refractivity (Wildman–Crippen MR) is 121 cm³/mol. The van der Waals surface area contributed by atoms with Crippen molar-refractivity contribution in [1.29, 1.82) is 0 Å². The summed E-state index contributed by atoms with van der Waals surface area (Å²) in [6.45, 7) is 0. The van der Waals surface area contributed by atoms with Crippen LogP contribution in [0.1, 0.15) is 34.3 Å². The molecule has 0 aliphatic heterocycles. The van der Waals surface area contributed by atoms with E-state index in [9.17, 15) is 18.4 Å². The lowest BCUT2D eigenvalue weighted by Gasteiger charge is -2.10. The van der Waals surface area contributed by atoms with Crippen LogP contribution in [0.2, 0.25) is 0 Å². The second kappa shape index (κ2) is 9.01. The van der Waals surface area contributed by atoms with Gasteiger partial charge < -0.3 is 16.4 Å². The molecule has 0 aromatic heterocycles. The molecule has 3 aromatic rings. The van der Waals surface area contributed by atoms with E-state index in [-0.39, 0.29) is 29.1 Å². The third-order valence-electron chi connectivity index (χ3n) is 5.06. The number of hydrogen-bond donors (Lipinski definition) is 3. The standard InChI is InChI=1S/C25H21F2N3O2/c26-18-7-5-16(6-8-18)21(25(32)29-20-10-11-20)13-15-1-3-17(4-2-15)24(31)30-23-14-19(27)9-12-22(23)28/h1-9,12-14,20H,10-11,28H2,(H,29,32)(H,30,31)/b21-13-. The third-order valence-corrected chi connectivity index (χ3v) is 5.06. The van der Waals surface area contributed by atoms with Gasteiger partial charge in [-0.2, -0.15) is 0 Å². The first-order chi connectivity index (χ1) is 15.4. The Hall–Kier alpha value is -4.00. The molecule has 162 valence electrons. The molecule has 1 saturated carbocycles. The van der Waals surface area contributed by atoms with Crippen molar-refractivity contribution in [3.8, 4) is 0 Å². The number of rotatable bonds is 6. The highest BCUT2D eigenvalue weighted by molar-refractivity contribution is 6.24. The molecule has 0 radical (unpaired) electrons. The maximum atomic E-state index is 13.4. The number of amides is 2. The zero-order chi connectivity index (χ0) is 22.7. The summed E-state index contributed by atoms with van der Waals surface area (Å²) in [5, 5.41) is 5.53. The third kappa shape index (κ3) is 5.18. The minimum absolute atomic E-state index is 0.174. The number of nitrogen functional groups attached to an aromatic ring is 1. The van der Waals surface area contributed by atoms with Gasteiger partial charge >= 0.3 is 0 Å². The Bertz CT molecular complexity index is 1180. The number of carbonyl (C=O) groups excluding carboxylic acids is 2. The van der Waals surface area contributed by atoms with Crippen molar-refractivity contribution in [2.75, 3.05) is 11.1 Å². The molecule has 1 aliphatic rings. The lowest BCUT2D eigenvalue weighted by Crippen LogP contribution is -2.26. The molecular weight excluding hydrogens is 412 g/mol. The van der Waals surface area contributed by atoms with Gasteiger partial charge in [-0.3, -0.25) is 9.59 Å². The van der Waals surface area contributed by atoms with Crippen LogP contribution < -0.4 is 16.4 Å². The molecule has 7 heteroatoms. The van der Waals surface area contributed by atoms with E-state index in [4.69, 9.17) is 5.73 Å². The van der Waals surface area contributed by atoms with E-state index in [1.54, 1.807) is 42.5 Å². The SMILES string of the molecule is Nc1ccc(F)cc1NC(=O)c1ccc(/C=C(\C(=O)NC2CC2)c2ccc(F)cc2)cc1. The first-order valence-electron chi connectivity index (χ1n) is 10.1. The average molecular weight is 433 g/mol. The van der Waals surface area contributed by atoms with Gasteiger partial charge in [-0.05, 0) is 72.5 Å². The fraction of sp³-hybridized carbons (Fsp3) is 0.120. The first-order valence-corrected chi connectivity index (χ1v) is 10.1. The Morgan fingerprint density at radius 2 is 1.50 bits per heavy atom. The van der Waals surface area contributed by atoms with Crippen molar-refractivity contribution in [2.24, 2.45) is 0 Å². The van der Waals surface area contributed by atoms with Crippen molar-refractivity contribution in [1.82, 2.24) is 5.32 Å². The summed E-state index contributed by atoms with van der Waals surface area (Å²) in [5.74, 6) is -1.57. The Morgan fingerprint density at radius 1 is 0.875 bits per heavy atom. The van der Waals surface area contributed by atoms with Crippen molar-refractivity contribution in [3.05, 3.63) is 95.1 Å². The van der Waals surface area contributed by atoms with Crippen LogP contribution in [-0.2, 0) is 4.79 Å². The van der Waals surface area contributed by atoms with Gasteiger partial charge in [0.1, 0.15) is 11.6 Å². The molecule has 1 fully saturated rings. The summed E-state index contributed by atoms with van der Waals surface area (Å²) >= 11 is 0. The number of nitrogens with two attached hydrogens (primary N) is 1. The normalized spacial score (nSPS) is 13.5. The smallest absolute Gasteiger partial charge is 0.255 e. The molecule has 0 saturated heterocycles. The zero-order valence-electron chi connectivity index (χ0n) is 17.1. The number of anilines is 2. The van der Waals surface area contributed by atoms with Gasteiger partial charge in [0.25, 0.3) is 11.8 Å². The van der Waals surface area contributed by atoms with Crippen molar-refractivity contribution in [3.63, 3.8) is 0 Å². The van der Waals surface area contributed by atoms with Crippen LogP contribution in [-0.4, -0.2) is 17.9 Å². The van der Waals surface area contributed by atoms with Gasteiger partial charge in [0.15, 0.2) is 0 Å². The molecule has 0 heterocycles. The molecule has 0 spiro atoms. The maximum absolute atomic E-state index is 13.4. The van der Waals surface area contributed by atoms with Crippen molar-refractivity contribution < 1.29 is 18.4 Å². The fourth-order valence-electron chi connectivity index (χ4n) is 3.13. The lowest BCUT2D eigenvalue weighted by molar-refractivity contribution is -0.115. The molecular formula is C25H21F2N3O2. The predicted octanol–water partition coefficient (Wildman–Crippen LogP) is 4.62. The maximum Gasteiger partial charge on any atom is 0.255 e. The lowest BCUT2D eigenvalue weighted by atomic mass is 10.0. The average Bonchev–Trinajstić information content (AvgIpc) is 3.59. The van der Waals surface area contributed by atoms with E-state index in [1.807, 2.05) is 0 Å². The van der Waals surface area contributed by atoms with Gasteiger partial charge in [-0.15, -0.1) is 0 Å². The van der Waals surface area contributed by atoms with Crippen LogP contribution in [0.25, 0.3) is 11.6 Å². The Morgan fingerprint density at radius 3 is 2.16 bits per heavy atom. The highest BCUT2D eigenvalue weighted by Gasteiger charge is 2.25. The molecule has 2 amide bonds. The highest BCUT2D eigenvalue weighted by atomic mass is 19.1. The van der Waals surface area contributed by atoms with Gasteiger partial charge in [0, 0.05) is 17.2 Å². The van der Waals surface area contributed by atoms with E-state index in [0.29, 0.717) is 22.3 Å². The van der Waals surface area contributed by atoms with Gasteiger partial charge in [0.2, 0.25) is 0 Å². The van der Waals surface area contributed by atoms with Crippen LogP contribution >= 0.6 is 0 Å². The van der Waals surface area contributed by atoms with E-state index in [1.165, 1.54) is 24.3 Å². The minimum Gasteiger partial charge on any atom is -0.397 e. The zero-order valence-corrected chi connectivity index (χ0v) is 17.1. The molecule has 0 atom stereocenters. The molecule has 0 bridgehead atoms. The topological polar surface area (TPSA) is 84.2 Å². The number of nitrogens with one attached hydrogen (secondary N) is 2. The van der Waals surface area contributed by atoms with Crippen molar-refractivity contribution in [2.45, 2.75) is 18.9 Å². The van der Waals surface area contributed by atoms with Crippen molar-refractivity contribution >= 4 is 34.8 Å². The number of hydrogen-bond acceptors (Lipinski definition) is 3. The Labute approximate surface area is 183 Å². The summed E-state index contributed by atoms with van der Waals surface area (Å²) in [6.07, 6.45) is 3.58. The van der Waals surface area contributed by atoms with Crippen LogP contribution in [0.3, 0.4) is 0 Å². The van der Waals surface area contributed by atoms with Crippen LogP contribution in [0, 0.1) is 11.6 Å². The summed E-state index contributed by atoms with van der Waals surface area (Å²) in [7, 11) is 0. The first kappa shape index (κ1) is 21.2. The van der Waals surface area contributed by atoms with E-state index in [0.717, 1.165) is 18.9 Å². The van der Waals surface area contributed by atoms with Gasteiger partial charge in [-0.1, -0.05) is 24.3 Å².